The molecular formula is C74H106I2N16O26. The van der Waals surface area contributed by atoms with Crippen LogP contribution >= 0.6 is 37.2 Å². The average Bonchev–Trinajstić information content (AvgIpc) is 1.79. The number of anilines is 1. The second-order valence-corrected chi connectivity index (χ2v) is 27.6. The van der Waals surface area contributed by atoms with Crippen LogP contribution in [0.1, 0.15) is 167 Å². The number of para-hydroxylation sites is 2. The van der Waals surface area contributed by atoms with Crippen molar-refractivity contribution in [1.29, 1.82) is 0 Å². The zero-order valence-electron chi connectivity index (χ0n) is 65.8. The van der Waals surface area contributed by atoms with Gasteiger partial charge >= 0.3 is 29.8 Å². The molecule has 44 heteroatoms. The number of carbonyl (C=O) groups is 20. The number of nitrogen functional groups attached to an aromatic ring is 1. The maximum Gasteiger partial charge on any atom is 0.329 e. The number of H-pyrrole nitrogens is 1. The summed E-state index contributed by atoms with van der Waals surface area (Å²) < 4.78 is 5.64. The molecular weight excluding hydrogens is 1780 g/mol. The summed E-state index contributed by atoms with van der Waals surface area (Å²) in [4.78, 5) is 270. The van der Waals surface area contributed by atoms with Gasteiger partial charge in [-0.1, -0.05) is 102 Å². The van der Waals surface area contributed by atoms with E-state index >= 15 is 0 Å². The highest BCUT2D eigenvalue weighted by molar-refractivity contribution is 15.0. The van der Waals surface area contributed by atoms with Gasteiger partial charge in [-0.3, -0.25) is 86.3 Å². The van der Waals surface area contributed by atoms with Crippen molar-refractivity contribution in [1.82, 2.24) is 68.8 Å². The van der Waals surface area contributed by atoms with Crippen LogP contribution in [0.15, 0.2) is 54.7 Å². The summed E-state index contributed by atoms with van der Waals surface area (Å²) in [5.74, 6) is -28.3. The van der Waals surface area contributed by atoms with Crippen molar-refractivity contribution in [3.8, 4) is 0 Å². The van der Waals surface area contributed by atoms with Gasteiger partial charge in [0.25, 0.3) is 0 Å². The molecule has 24 N–H and O–H groups in total. The van der Waals surface area contributed by atoms with Gasteiger partial charge in [-0.25, -0.2) is 4.79 Å². The Balaban J connectivity index is 0.00000308. The van der Waals surface area contributed by atoms with E-state index in [9.17, 15) is 121 Å². The smallest absolute Gasteiger partial charge is 0.329 e. The molecule has 1 saturated heterocycles. The Labute approximate surface area is 701 Å². The van der Waals surface area contributed by atoms with Gasteiger partial charge in [0.1, 0.15) is 72.3 Å². The summed E-state index contributed by atoms with van der Waals surface area (Å²) in [5, 5.41) is 75.6. The Morgan fingerprint density at radius 3 is 1.65 bits per heavy atom. The molecule has 118 heavy (non-hydrogen) atoms. The topological polar surface area (TPSA) is 690 Å². The van der Waals surface area contributed by atoms with Gasteiger partial charge in [-0.15, -0.1) is 0 Å². The molecule has 1 aliphatic heterocycles. The number of halogens is 2. The van der Waals surface area contributed by atoms with Gasteiger partial charge in [-0.05, 0) is 69.7 Å². The van der Waals surface area contributed by atoms with E-state index in [-0.39, 0.29) is 30.5 Å². The number of amides is 13. The van der Waals surface area contributed by atoms with Crippen LogP contribution in [0, 0.1) is 5.92 Å². The number of esters is 1. The number of carbonyl (C=O) groups excluding carboxylic acids is 16. The number of hydrogen-bond acceptors (Lipinski definition) is 24. The molecule has 1 fully saturated rings. The molecule has 13 amide bonds. The van der Waals surface area contributed by atoms with Gasteiger partial charge in [0.05, 0.1) is 57.8 Å². The molecule has 0 radical (unpaired) electrons. The second-order valence-electron chi connectivity index (χ2n) is 27.6. The largest absolute Gasteiger partial charge is 0.481 e. The summed E-state index contributed by atoms with van der Waals surface area (Å²) >= 11 is 4.24. The molecule has 2 aromatic carbocycles. The minimum absolute atomic E-state index is 0.138. The van der Waals surface area contributed by atoms with Crippen LogP contribution in [0.4, 0.5) is 5.69 Å². The number of aromatic nitrogens is 1. The molecule has 13 atom stereocenters. The average molecular weight is 1890 g/mol. The molecule has 0 aliphatic carbocycles. The van der Waals surface area contributed by atoms with E-state index in [2.05, 4.69) is 97.0 Å². The van der Waals surface area contributed by atoms with Crippen molar-refractivity contribution >= 4 is 172 Å². The molecule has 0 bridgehead atoms. The van der Waals surface area contributed by atoms with Crippen LogP contribution in [-0.2, 0) is 102 Å². The molecule has 0 saturated carbocycles. The van der Waals surface area contributed by atoms with E-state index in [4.69, 9.17) is 21.9 Å². The molecule has 0 spiro atoms. The first-order valence-corrected chi connectivity index (χ1v) is 43.8. The summed E-state index contributed by atoms with van der Waals surface area (Å²) in [6, 6.07) is -10.0. The molecule has 1 aliphatic rings. The number of carboxylic acid groups (broad SMARTS) is 4. The molecule has 1 aromatic heterocycles. The number of carboxylic acids is 4. The lowest BCUT2D eigenvalue weighted by Crippen LogP contribution is -2.61. The third-order valence-electron chi connectivity index (χ3n) is 17.8. The summed E-state index contributed by atoms with van der Waals surface area (Å²) in [6.07, 6.45) is 2.53. The predicted octanol–water partition coefficient (Wildman–Crippen LogP) is -1.98. The second kappa shape index (κ2) is 54.0. The Bertz CT molecular complexity index is 4030. The molecule has 3 aromatic rings. The quantitative estimate of drug-likeness (QED) is 0.0101. The third kappa shape index (κ3) is 37.9. The van der Waals surface area contributed by atoms with Crippen LogP contribution < -0.4 is 81.0 Å². The third-order valence-corrected chi connectivity index (χ3v) is 17.8. The highest BCUT2D eigenvalue weighted by Gasteiger charge is 2.41. The summed E-state index contributed by atoms with van der Waals surface area (Å²) in [7, 11) is 0. The molecule has 652 valence electrons. The zero-order valence-corrected chi connectivity index (χ0v) is 70.2. The number of aliphatic hydroxyl groups excluding tert-OH is 1. The molecule has 2 heterocycles. The number of ketones is 2. The molecule has 4 rings (SSSR count). The maximum atomic E-state index is 14.7. The highest BCUT2D eigenvalue weighted by atomic mass is 128. The Hall–Kier alpha value is -11.0. The van der Waals surface area contributed by atoms with Gasteiger partial charge in [-0.2, -0.15) is 0 Å². The maximum absolute atomic E-state index is 14.7. The van der Waals surface area contributed by atoms with Gasteiger partial charge in [0.15, 0.2) is 5.78 Å². The number of cyclic esters (lactones) is 1. The number of primary amides is 1. The number of aromatic amines is 1. The first-order chi connectivity index (χ1) is 55.7. The van der Waals surface area contributed by atoms with Gasteiger partial charge < -0.3 is 121 Å². The number of nitrogens with one attached hydrogen (secondary N) is 13. The minimum atomic E-state index is -2.40. The minimum Gasteiger partial charge on any atom is -0.481 e. The lowest BCUT2D eigenvalue weighted by atomic mass is 9.96. The number of benzene rings is 2. The SMILES string of the molecule is CCCCC1NC(=O)CNC(=O)C(NC(=O)C(CC(=O)O)NC(=O)C(CC(N)=O)NC(=O)C(N)Cc2c[nH]c3ccccc23)C(C)OC(=O)C(CC(=O)c2ccccc2N)NC(=O)C(C(C)CC(=O)O)NC(=O)C(CO)NC(=O)CNC(=O)C(CC(=O)O)NC(=O)C(C)NC(=O)C(CC(=O)O)NC1=O.CCCCCCCCCC(C)=O.II. The summed E-state index contributed by atoms with van der Waals surface area (Å²) in [5.41, 5.74) is 18.5. The lowest BCUT2D eigenvalue weighted by molar-refractivity contribution is -0.156. The van der Waals surface area contributed by atoms with Crippen LogP contribution in [-0.4, -0.2) is 241 Å². The normalized spacial score (nSPS) is 20.7. The fourth-order valence-electron chi connectivity index (χ4n) is 11.6. The van der Waals surface area contributed by atoms with E-state index in [1.54, 1.807) is 44.3 Å². The molecule has 13 unspecified atom stereocenters. The number of hydrogen-bond donors (Lipinski definition) is 21. The number of ether oxygens (including phenoxy) is 1. The standard InChI is InChI=1S/C63H84N16O25.C11H22O.I2/c1-5-6-14-36-56(96)75-39(21-49(89)90)57(97)70-28(3)53(93)73-38(20-48(87)88)55(95)68-24-46(84)72-42(26-80)60(100)78-51(27(2)16-47(85)86)62(102)77-41(18-43(81)32-12-7-9-13-33(32)64)63(103)104-29(4)52(61(101)69-25-45(83)71-36)79-59(99)40(22-50(91)92)76-58(98)37(19-44(66)82)74-54(94)34(65)17-30-23-67-35-15-10-8-11-31(30)35;1-3-4-5-6-7-8-9-10-11(2)12;1-2/h7-13,15,23,27-29,34,36-42,51-52,67,80H,5-6,14,16-22,24-26,64-65H2,1-4H3,(H2,66,82)(H,68,95)(H,69,101)(H,70,97)(H,71,83)(H,72,84)(H,73,93)(H,74,94)(H,75,96)(H,76,98)(H,77,102)(H,78,100)(H,79,99)(H,85,86)(H,87,88)(H,89,90)(H,91,92);3-10H2,1-2H3;. The van der Waals surface area contributed by atoms with E-state index < -0.39 is 249 Å². The zero-order chi connectivity index (χ0) is 89.1. The first-order valence-electron chi connectivity index (χ1n) is 37.6. The number of nitrogens with two attached hydrogens (primary N) is 3. The number of rotatable bonds is 34. The summed E-state index contributed by atoms with van der Waals surface area (Å²) in [6.45, 7) is 4.88. The predicted molar refractivity (Wildman–Crippen MR) is 436 cm³/mol. The number of aliphatic hydroxyl groups is 1. The van der Waals surface area contributed by atoms with Crippen molar-refractivity contribution < 1.29 is 126 Å². The van der Waals surface area contributed by atoms with Crippen LogP contribution in [0.2, 0.25) is 0 Å². The fourth-order valence-corrected chi connectivity index (χ4v) is 11.6. The van der Waals surface area contributed by atoms with E-state index in [1.807, 2.05) is 16.0 Å². The van der Waals surface area contributed by atoms with Crippen molar-refractivity contribution in [3.05, 3.63) is 65.9 Å². The van der Waals surface area contributed by atoms with Crippen molar-refractivity contribution in [2.45, 2.75) is 230 Å². The Morgan fingerprint density at radius 2 is 1.08 bits per heavy atom. The Kier molecular flexibility index (Phi) is 47.2. The number of fused-ring (bicyclic) bond motifs is 1. The van der Waals surface area contributed by atoms with Gasteiger partial charge in [0.2, 0.25) is 76.8 Å². The van der Waals surface area contributed by atoms with Crippen LogP contribution in [0.25, 0.3) is 10.9 Å². The van der Waals surface area contributed by atoms with Crippen LogP contribution in [0.3, 0.4) is 0 Å². The van der Waals surface area contributed by atoms with E-state index in [0.717, 1.165) is 33.6 Å². The van der Waals surface area contributed by atoms with E-state index in [0.29, 0.717) is 28.7 Å². The number of Topliss-reactive ketones (excluding diaryl/α,β-unsaturated/α-hetero) is 2. The van der Waals surface area contributed by atoms with Crippen LogP contribution in [0.5, 0.6) is 0 Å². The van der Waals surface area contributed by atoms with Gasteiger partial charge in [0, 0.05) is 78.4 Å². The first kappa shape index (κ1) is 103. The number of unbranched alkanes of at least 4 members (excludes halogenated alkanes) is 7. The van der Waals surface area contributed by atoms with Crippen molar-refractivity contribution in [3.63, 3.8) is 0 Å². The van der Waals surface area contributed by atoms with Crippen molar-refractivity contribution in [2.75, 3.05) is 25.4 Å². The monoisotopic (exact) mass is 1890 g/mol. The highest BCUT2D eigenvalue weighted by Crippen LogP contribution is 2.21. The lowest BCUT2D eigenvalue weighted by Gasteiger charge is -2.30. The number of aliphatic carboxylic acids is 4. The fraction of sp³-hybridized carbons (Fsp3) is 0.541. The Morgan fingerprint density at radius 1 is 0.559 bits per heavy atom. The molecule has 42 nitrogen and oxygen atoms in total. The van der Waals surface area contributed by atoms with Crippen molar-refractivity contribution in [2.24, 2.45) is 17.4 Å². The van der Waals surface area contributed by atoms with E-state index in [1.165, 1.54) is 62.8 Å².